The molecule has 17 heavy (non-hydrogen) atoms. The van der Waals surface area contributed by atoms with E-state index in [1.165, 1.54) is 0 Å². The Kier molecular flexibility index (Phi) is 5.30. The molecule has 1 aromatic carbocycles. The van der Waals surface area contributed by atoms with E-state index in [1.54, 1.807) is 0 Å². The molecular formula is C10H10BrF2NO3. The van der Waals surface area contributed by atoms with Gasteiger partial charge in [-0.05, 0) is 22.0 Å². The monoisotopic (exact) mass is 309 g/mol. The van der Waals surface area contributed by atoms with Crippen LogP contribution in [0.15, 0.2) is 16.6 Å². The molecule has 1 rings (SSSR count). The van der Waals surface area contributed by atoms with Crippen LogP contribution in [-0.4, -0.2) is 30.8 Å². The lowest BCUT2D eigenvalue weighted by molar-refractivity contribution is -0.123. The first-order valence-electron chi connectivity index (χ1n) is 4.69. The zero-order chi connectivity index (χ0) is 12.8. The maximum Gasteiger partial charge on any atom is 0.258 e. The summed E-state index contributed by atoms with van der Waals surface area (Å²) in [7, 11) is 0. The third kappa shape index (κ3) is 4.27. The third-order valence-corrected chi connectivity index (χ3v) is 2.33. The van der Waals surface area contributed by atoms with Crippen molar-refractivity contribution in [2.24, 2.45) is 0 Å². The van der Waals surface area contributed by atoms with E-state index in [-0.39, 0.29) is 23.4 Å². The lowest BCUT2D eigenvalue weighted by Gasteiger charge is -2.09. The first-order valence-corrected chi connectivity index (χ1v) is 5.48. The molecule has 0 aromatic heterocycles. The average Bonchev–Trinajstić information content (AvgIpc) is 2.24. The molecule has 0 aliphatic rings. The van der Waals surface area contributed by atoms with Crippen LogP contribution in [0.4, 0.5) is 8.78 Å². The number of carbonyl (C=O) groups is 1. The van der Waals surface area contributed by atoms with Crippen molar-refractivity contribution < 1.29 is 23.4 Å². The van der Waals surface area contributed by atoms with Gasteiger partial charge in [0.15, 0.2) is 18.2 Å². The average molecular weight is 310 g/mol. The van der Waals surface area contributed by atoms with Gasteiger partial charge in [0.05, 0.1) is 11.1 Å². The fourth-order valence-corrected chi connectivity index (χ4v) is 1.57. The predicted octanol–water partition coefficient (Wildman–Crippen LogP) is 1.21. The van der Waals surface area contributed by atoms with Crippen LogP contribution in [0.1, 0.15) is 0 Å². The zero-order valence-corrected chi connectivity index (χ0v) is 10.3. The molecular weight excluding hydrogens is 300 g/mol. The SMILES string of the molecule is O=C(COc1c(F)cc(F)cc1Br)NCCO. The van der Waals surface area contributed by atoms with Crippen molar-refractivity contribution in [3.05, 3.63) is 28.2 Å². The number of nitrogens with one attached hydrogen (secondary N) is 1. The number of aliphatic hydroxyl groups is 1. The molecule has 0 heterocycles. The summed E-state index contributed by atoms with van der Waals surface area (Å²) in [6.45, 7) is -0.517. The van der Waals surface area contributed by atoms with E-state index < -0.39 is 24.1 Å². The summed E-state index contributed by atoms with van der Waals surface area (Å²) in [5.74, 6) is -2.38. The summed E-state index contributed by atoms with van der Waals surface area (Å²) in [6, 6.07) is 1.69. The Labute approximate surface area is 105 Å². The van der Waals surface area contributed by atoms with E-state index in [2.05, 4.69) is 21.2 Å². The second-order valence-electron chi connectivity index (χ2n) is 3.06. The van der Waals surface area contributed by atoms with E-state index in [4.69, 9.17) is 9.84 Å². The second kappa shape index (κ2) is 6.51. The predicted molar refractivity (Wildman–Crippen MR) is 59.6 cm³/mol. The summed E-state index contributed by atoms with van der Waals surface area (Å²) in [6.07, 6.45) is 0. The number of hydrogen-bond acceptors (Lipinski definition) is 3. The molecule has 0 radical (unpaired) electrons. The second-order valence-corrected chi connectivity index (χ2v) is 3.92. The van der Waals surface area contributed by atoms with Gasteiger partial charge in [-0.25, -0.2) is 8.78 Å². The molecule has 0 saturated heterocycles. The van der Waals surface area contributed by atoms with Crippen molar-refractivity contribution in [1.82, 2.24) is 5.32 Å². The van der Waals surface area contributed by atoms with Crippen LogP contribution in [-0.2, 0) is 4.79 Å². The quantitative estimate of drug-likeness (QED) is 0.859. The molecule has 7 heteroatoms. The molecule has 0 saturated carbocycles. The van der Waals surface area contributed by atoms with E-state index in [0.29, 0.717) is 6.07 Å². The molecule has 0 fully saturated rings. The van der Waals surface area contributed by atoms with Gasteiger partial charge in [-0.2, -0.15) is 0 Å². The van der Waals surface area contributed by atoms with Crippen LogP contribution in [0.5, 0.6) is 5.75 Å². The van der Waals surface area contributed by atoms with Gasteiger partial charge in [0, 0.05) is 12.6 Å². The van der Waals surface area contributed by atoms with Gasteiger partial charge >= 0.3 is 0 Å². The van der Waals surface area contributed by atoms with Crippen LogP contribution in [0.2, 0.25) is 0 Å². The third-order valence-electron chi connectivity index (χ3n) is 1.74. The number of rotatable bonds is 5. The van der Waals surface area contributed by atoms with Crippen LogP contribution < -0.4 is 10.1 Å². The van der Waals surface area contributed by atoms with E-state index in [9.17, 15) is 13.6 Å². The van der Waals surface area contributed by atoms with Gasteiger partial charge in [-0.3, -0.25) is 4.79 Å². The molecule has 2 N–H and O–H groups in total. The summed E-state index contributed by atoms with van der Waals surface area (Å²) >= 11 is 2.92. The highest BCUT2D eigenvalue weighted by molar-refractivity contribution is 9.10. The van der Waals surface area contributed by atoms with Crippen LogP contribution in [0.25, 0.3) is 0 Å². The van der Waals surface area contributed by atoms with Crippen molar-refractivity contribution >= 4 is 21.8 Å². The van der Waals surface area contributed by atoms with E-state index in [0.717, 1.165) is 6.07 Å². The highest BCUT2D eigenvalue weighted by atomic mass is 79.9. The van der Waals surface area contributed by atoms with E-state index >= 15 is 0 Å². The molecule has 1 amide bonds. The lowest BCUT2D eigenvalue weighted by Crippen LogP contribution is -2.31. The summed E-state index contributed by atoms with van der Waals surface area (Å²) in [5.41, 5.74) is 0. The first-order chi connectivity index (χ1) is 8.04. The normalized spacial score (nSPS) is 10.1. The molecule has 0 unspecified atom stereocenters. The molecule has 0 bridgehead atoms. The highest BCUT2D eigenvalue weighted by Gasteiger charge is 2.12. The molecule has 1 aromatic rings. The minimum Gasteiger partial charge on any atom is -0.480 e. The van der Waals surface area contributed by atoms with Gasteiger partial charge in [-0.15, -0.1) is 0 Å². The zero-order valence-electron chi connectivity index (χ0n) is 8.67. The number of halogens is 3. The van der Waals surface area contributed by atoms with Crippen LogP contribution >= 0.6 is 15.9 Å². The van der Waals surface area contributed by atoms with Crippen molar-refractivity contribution in [1.29, 1.82) is 0 Å². The van der Waals surface area contributed by atoms with Gasteiger partial charge in [0.1, 0.15) is 5.82 Å². The summed E-state index contributed by atoms with van der Waals surface area (Å²) in [4.78, 5) is 11.1. The van der Waals surface area contributed by atoms with Crippen molar-refractivity contribution in [3.63, 3.8) is 0 Å². The number of amides is 1. The van der Waals surface area contributed by atoms with Crippen LogP contribution in [0, 0.1) is 11.6 Å². The fraction of sp³-hybridized carbons (Fsp3) is 0.300. The standard InChI is InChI=1S/C10H10BrF2NO3/c11-7-3-6(12)4-8(13)10(7)17-5-9(16)14-1-2-15/h3-4,15H,1-2,5H2,(H,14,16). The minimum absolute atomic E-state index is 0.0879. The molecule has 0 spiro atoms. The topological polar surface area (TPSA) is 58.6 Å². The summed E-state index contributed by atoms with van der Waals surface area (Å²) < 4.78 is 31.0. The minimum atomic E-state index is -0.896. The molecule has 0 aliphatic heterocycles. The van der Waals surface area contributed by atoms with Gasteiger partial charge in [-0.1, -0.05) is 0 Å². The van der Waals surface area contributed by atoms with Gasteiger partial charge < -0.3 is 15.2 Å². The molecule has 0 atom stereocenters. The maximum atomic E-state index is 13.2. The number of aliphatic hydroxyl groups excluding tert-OH is 1. The number of hydrogen-bond donors (Lipinski definition) is 2. The number of benzene rings is 1. The maximum absolute atomic E-state index is 13.2. The van der Waals surface area contributed by atoms with E-state index in [1.807, 2.05) is 0 Å². The number of carbonyl (C=O) groups excluding carboxylic acids is 1. The van der Waals surface area contributed by atoms with Gasteiger partial charge in [0.2, 0.25) is 0 Å². The van der Waals surface area contributed by atoms with Crippen LogP contribution in [0.3, 0.4) is 0 Å². The largest absolute Gasteiger partial charge is 0.480 e. The first kappa shape index (κ1) is 13.9. The van der Waals surface area contributed by atoms with Gasteiger partial charge in [0.25, 0.3) is 5.91 Å². The molecule has 4 nitrogen and oxygen atoms in total. The molecule has 0 aliphatic carbocycles. The lowest BCUT2D eigenvalue weighted by atomic mass is 10.3. The summed E-state index contributed by atoms with van der Waals surface area (Å²) in [5, 5.41) is 10.8. The van der Waals surface area contributed by atoms with Crippen molar-refractivity contribution in [3.8, 4) is 5.75 Å². The van der Waals surface area contributed by atoms with Crippen molar-refractivity contribution in [2.75, 3.05) is 19.8 Å². The fourth-order valence-electron chi connectivity index (χ4n) is 1.05. The Morgan fingerprint density at radius 3 is 2.76 bits per heavy atom. The Morgan fingerprint density at radius 2 is 2.18 bits per heavy atom. The Morgan fingerprint density at radius 1 is 1.47 bits per heavy atom. The smallest absolute Gasteiger partial charge is 0.258 e. The Balaban J connectivity index is 2.60. The molecule has 94 valence electrons. The number of ether oxygens (including phenoxy) is 1. The Bertz CT molecular complexity index is 392. The van der Waals surface area contributed by atoms with Crippen molar-refractivity contribution in [2.45, 2.75) is 0 Å². The Hall–Kier alpha value is -1.21. The highest BCUT2D eigenvalue weighted by Crippen LogP contribution is 2.29.